The average Bonchev–Trinajstić information content (AvgIpc) is 3.00. The van der Waals surface area contributed by atoms with Gasteiger partial charge in [-0.05, 0) is 68.9 Å². The average molecular weight is 611 g/mol. The lowest BCUT2D eigenvalue weighted by molar-refractivity contribution is -0.137. The monoisotopic (exact) mass is 610 g/mol. The highest BCUT2D eigenvalue weighted by molar-refractivity contribution is 6.01. The quantitative estimate of drug-likeness (QED) is 0.333. The topological polar surface area (TPSA) is 135 Å². The zero-order valence-corrected chi connectivity index (χ0v) is 26.4. The Hall–Kier alpha value is -4.28. The Morgan fingerprint density at radius 2 is 1.86 bits per heavy atom. The van der Waals surface area contributed by atoms with Crippen molar-refractivity contribution >= 4 is 23.6 Å². The molecule has 0 unspecified atom stereocenters. The molecule has 0 spiro atoms. The second-order valence-electron chi connectivity index (χ2n) is 11.1. The van der Waals surface area contributed by atoms with E-state index in [0.29, 0.717) is 62.8 Å². The molecule has 1 aliphatic rings. The molecule has 1 heterocycles. The first-order chi connectivity index (χ1) is 21.2. The number of amides is 4. The van der Waals surface area contributed by atoms with E-state index < -0.39 is 29.8 Å². The molecule has 0 aliphatic carbocycles. The lowest BCUT2D eigenvalue weighted by Crippen LogP contribution is -2.53. The number of hydrogen-bond donors (Lipinski definition) is 3. The third kappa shape index (κ3) is 9.89. The summed E-state index contributed by atoms with van der Waals surface area (Å²) in [6, 6.07) is 10.5. The molecule has 0 radical (unpaired) electrons. The summed E-state index contributed by atoms with van der Waals surface area (Å²) < 4.78 is 16.9. The summed E-state index contributed by atoms with van der Waals surface area (Å²) in [6.07, 6.45) is 1.39. The number of rotatable bonds is 11. The van der Waals surface area contributed by atoms with Crippen LogP contribution in [0.1, 0.15) is 62.9 Å². The Morgan fingerprint density at radius 3 is 2.57 bits per heavy atom. The van der Waals surface area contributed by atoms with E-state index in [9.17, 15) is 19.2 Å². The molecule has 0 fully saturated rings. The number of nitrogens with one attached hydrogen (secondary N) is 3. The van der Waals surface area contributed by atoms with Crippen molar-refractivity contribution < 1.29 is 33.4 Å². The van der Waals surface area contributed by atoms with Gasteiger partial charge < -0.3 is 35.1 Å². The first-order valence-electron chi connectivity index (χ1n) is 15.3. The van der Waals surface area contributed by atoms with Gasteiger partial charge in [0, 0.05) is 13.1 Å². The van der Waals surface area contributed by atoms with Crippen LogP contribution in [0, 0.1) is 5.92 Å². The van der Waals surface area contributed by atoms with E-state index in [4.69, 9.17) is 14.2 Å². The Kier molecular flexibility index (Phi) is 13.3. The van der Waals surface area contributed by atoms with Crippen LogP contribution >= 0.6 is 0 Å². The molecule has 4 amide bonds. The molecule has 2 aromatic rings. The van der Waals surface area contributed by atoms with Crippen LogP contribution in [0.3, 0.4) is 0 Å². The van der Waals surface area contributed by atoms with E-state index in [1.807, 2.05) is 45.9 Å². The van der Waals surface area contributed by atoms with Crippen LogP contribution < -0.4 is 30.2 Å². The summed E-state index contributed by atoms with van der Waals surface area (Å²) in [5.41, 5.74) is 1.25. The smallest absolute Gasteiger partial charge is 0.255 e. The molecule has 11 heteroatoms. The molecule has 3 N–H and O–H groups in total. The Bertz CT molecular complexity index is 1280. The standard InChI is InChI=1S/C33H46N4O7/c1-6-37-17-18-44-27-13-9-8-12-24(27)31(39)36-25(21-30(38)35-26(33(37)41)19-22(3)4)32(40)34-16-10-11-23-14-15-28(43-7-2)29(20-23)42-5/h8-9,12-15,20,22,25-26H,6-7,10-11,16-19,21H2,1-5H3,(H,34,40)(H,35,38)(H,36,39)/t25-,26+/m0/s1. The first-order valence-corrected chi connectivity index (χ1v) is 15.3. The summed E-state index contributed by atoms with van der Waals surface area (Å²) in [5.74, 6) is 0.0456. The first kappa shape index (κ1) is 34.2. The molecule has 240 valence electrons. The molecule has 0 saturated carbocycles. The fourth-order valence-electron chi connectivity index (χ4n) is 5.04. The van der Waals surface area contributed by atoms with Gasteiger partial charge in [0.05, 0.1) is 32.2 Å². The Morgan fingerprint density at radius 1 is 1.09 bits per heavy atom. The second kappa shape index (κ2) is 17.1. The fraction of sp³-hybridized carbons (Fsp3) is 0.515. The number of aryl methyl sites for hydroxylation is 1. The van der Waals surface area contributed by atoms with Crippen molar-refractivity contribution in [1.29, 1.82) is 0 Å². The van der Waals surface area contributed by atoms with Gasteiger partial charge in [0.15, 0.2) is 11.5 Å². The van der Waals surface area contributed by atoms with Crippen LogP contribution in [0.25, 0.3) is 0 Å². The number of ether oxygens (including phenoxy) is 3. The van der Waals surface area contributed by atoms with Crippen molar-refractivity contribution in [3.63, 3.8) is 0 Å². The molecule has 0 aromatic heterocycles. The molecule has 2 aromatic carbocycles. The predicted molar refractivity (Wildman–Crippen MR) is 167 cm³/mol. The molecule has 0 saturated heterocycles. The van der Waals surface area contributed by atoms with Gasteiger partial charge in [0.2, 0.25) is 17.7 Å². The van der Waals surface area contributed by atoms with Crippen molar-refractivity contribution in [2.75, 3.05) is 40.0 Å². The Labute approximate surface area is 260 Å². The number of fused-ring (bicyclic) bond motifs is 1. The van der Waals surface area contributed by atoms with E-state index in [2.05, 4.69) is 16.0 Å². The number of carbonyl (C=O) groups is 4. The van der Waals surface area contributed by atoms with Crippen molar-refractivity contribution in [3.8, 4) is 17.2 Å². The number of benzene rings is 2. The predicted octanol–water partition coefficient (Wildman–Crippen LogP) is 3.10. The highest BCUT2D eigenvalue weighted by Crippen LogP contribution is 2.28. The van der Waals surface area contributed by atoms with E-state index >= 15 is 0 Å². The summed E-state index contributed by atoms with van der Waals surface area (Å²) in [4.78, 5) is 55.0. The second-order valence-corrected chi connectivity index (χ2v) is 11.1. The number of nitrogens with zero attached hydrogens (tertiary/aromatic N) is 1. The van der Waals surface area contributed by atoms with Gasteiger partial charge in [0.25, 0.3) is 5.91 Å². The number of methoxy groups -OCH3 is 1. The van der Waals surface area contributed by atoms with Crippen molar-refractivity contribution in [2.24, 2.45) is 5.92 Å². The van der Waals surface area contributed by atoms with E-state index in [1.165, 1.54) is 0 Å². The van der Waals surface area contributed by atoms with Gasteiger partial charge >= 0.3 is 0 Å². The highest BCUT2D eigenvalue weighted by Gasteiger charge is 2.30. The summed E-state index contributed by atoms with van der Waals surface area (Å²) in [6.45, 7) is 9.46. The van der Waals surface area contributed by atoms with Crippen LogP contribution in [-0.4, -0.2) is 80.6 Å². The third-order valence-corrected chi connectivity index (χ3v) is 7.26. The van der Waals surface area contributed by atoms with Crippen LogP contribution in [-0.2, 0) is 20.8 Å². The lowest BCUT2D eigenvalue weighted by atomic mass is 10.0. The summed E-state index contributed by atoms with van der Waals surface area (Å²) in [5, 5.41) is 8.40. The summed E-state index contributed by atoms with van der Waals surface area (Å²) >= 11 is 0. The van der Waals surface area contributed by atoms with Crippen molar-refractivity contribution in [3.05, 3.63) is 53.6 Å². The minimum absolute atomic E-state index is 0.138. The van der Waals surface area contributed by atoms with Crippen molar-refractivity contribution in [2.45, 2.75) is 65.5 Å². The van der Waals surface area contributed by atoms with Gasteiger partial charge in [-0.2, -0.15) is 0 Å². The van der Waals surface area contributed by atoms with Gasteiger partial charge in [-0.3, -0.25) is 19.2 Å². The zero-order chi connectivity index (χ0) is 32.1. The van der Waals surface area contributed by atoms with E-state index in [0.717, 1.165) is 5.56 Å². The number of para-hydroxylation sites is 1. The van der Waals surface area contributed by atoms with Crippen LogP contribution in [0.5, 0.6) is 17.2 Å². The largest absolute Gasteiger partial charge is 0.493 e. The maximum Gasteiger partial charge on any atom is 0.255 e. The fourth-order valence-corrected chi connectivity index (χ4v) is 5.04. The van der Waals surface area contributed by atoms with Crippen LogP contribution in [0.2, 0.25) is 0 Å². The van der Waals surface area contributed by atoms with Crippen LogP contribution in [0.15, 0.2) is 42.5 Å². The minimum atomic E-state index is -1.17. The molecule has 11 nitrogen and oxygen atoms in total. The zero-order valence-electron chi connectivity index (χ0n) is 26.4. The molecule has 3 rings (SSSR count). The lowest BCUT2D eigenvalue weighted by Gasteiger charge is -2.29. The SMILES string of the molecule is CCOc1ccc(CCCNC(=O)[C@@H]2CC(=O)N[C@H](CC(C)C)C(=O)N(CC)CCOc3ccccc3C(=O)N2)cc1OC. The molecular formula is C33H46N4O7. The number of carbonyl (C=O) groups excluding carboxylic acids is 4. The van der Waals surface area contributed by atoms with Gasteiger partial charge in [0.1, 0.15) is 24.4 Å². The van der Waals surface area contributed by atoms with Crippen LogP contribution in [0.4, 0.5) is 0 Å². The number of likely N-dealkylation sites (N-methyl/N-ethyl adjacent to an activating group) is 1. The van der Waals surface area contributed by atoms with E-state index in [1.54, 1.807) is 36.3 Å². The minimum Gasteiger partial charge on any atom is -0.493 e. The molecule has 1 aliphatic heterocycles. The highest BCUT2D eigenvalue weighted by atomic mass is 16.5. The normalized spacial score (nSPS) is 18.0. The maximum atomic E-state index is 13.4. The van der Waals surface area contributed by atoms with Gasteiger partial charge in [-0.25, -0.2) is 0 Å². The molecular weight excluding hydrogens is 564 g/mol. The van der Waals surface area contributed by atoms with Crippen molar-refractivity contribution in [1.82, 2.24) is 20.9 Å². The maximum absolute atomic E-state index is 13.4. The van der Waals surface area contributed by atoms with Gasteiger partial charge in [-0.15, -0.1) is 0 Å². The van der Waals surface area contributed by atoms with Gasteiger partial charge in [-0.1, -0.05) is 32.0 Å². The molecule has 44 heavy (non-hydrogen) atoms. The number of hydrogen-bond acceptors (Lipinski definition) is 7. The molecule has 2 atom stereocenters. The summed E-state index contributed by atoms with van der Waals surface area (Å²) in [7, 11) is 1.59. The van der Waals surface area contributed by atoms with E-state index in [-0.39, 0.29) is 30.4 Å². The molecule has 0 bridgehead atoms. The third-order valence-electron chi connectivity index (χ3n) is 7.26. The Balaban J connectivity index is 1.76.